The first-order valence-electron chi connectivity index (χ1n) is 6.21. The van der Waals surface area contributed by atoms with Crippen LogP contribution >= 0.6 is 0 Å². The fraction of sp³-hybridized carbons (Fsp3) is 0.615. The first-order valence-corrected chi connectivity index (χ1v) is 6.21. The highest BCUT2D eigenvalue weighted by Crippen LogP contribution is 2.16. The van der Waals surface area contributed by atoms with E-state index < -0.39 is 0 Å². The van der Waals surface area contributed by atoms with E-state index in [1.165, 1.54) is 6.07 Å². The third-order valence-corrected chi connectivity index (χ3v) is 3.02. The number of nitrogens with zero attached hydrogens (tertiary/aromatic N) is 2. The van der Waals surface area contributed by atoms with Crippen LogP contribution in [0.5, 0.6) is 5.75 Å². The highest BCUT2D eigenvalue weighted by atomic mass is 16.5. The Hall–Kier alpha value is -1.37. The molecule has 2 N–H and O–H groups in total. The van der Waals surface area contributed by atoms with Crippen LogP contribution in [0.3, 0.4) is 0 Å². The second kappa shape index (κ2) is 7.28. The van der Waals surface area contributed by atoms with Gasteiger partial charge < -0.3 is 19.5 Å². The second-order valence-electron chi connectivity index (χ2n) is 4.55. The standard InChI is InChI=1S/C13H22N2O4/c1-10-8-12(17)13(18)11(9-14(2)4-6-16)15(10)5-7-19-3/h8,16,18H,4-7,9H2,1-3H3. The van der Waals surface area contributed by atoms with Gasteiger partial charge in [0.15, 0.2) is 5.75 Å². The second-order valence-corrected chi connectivity index (χ2v) is 4.55. The molecule has 0 aliphatic carbocycles. The summed E-state index contributed by atoms with van der Waals surface area (Å²) in [5, 5.41) is 18.9. The summed E-state index contributed by atoms with van der Waals surface area (Å²) in [6.45, 7) is 3.80. The maximum atomic E-state index is 11.7. The zero-order valence-electron chi connectivity index (χ0n) is 11.7. The van der Waals surface area contributed by atoms with Crippen molar-refractivity contribution in [3.05, 3.63) is 27.7 Å². The van der Waals surface area contributed by atoms with E-state index in [1.807, 2.05) is 23.4 Å². The molecule has 1 rings (SSSR count). The monoisotopic (exact) mass is 270 g/mol. The highest BCUT2D eigenvalue weighted by Gasteiger charge is 2.14. The molecule has 0 saturated heterocycles. The van der Waals surface area contributed by atoms with Crippen LogP contribution in [0.1, 0.15) is 11.4 Å². The zero-order chi connectivity index (χ0) is 14.4. The molecule has 0 aliphatic heterocycles. The SMILES string of the molecule is COCCn1c(C)cc(=O)c(O)c1CN(C)CCO. The number of hydrogen-bond acceptors (Lipinski definition) is 5. The average Bonchev–Trinajstić information content (AvgIpc) is 2.35. The van der Waals surface area contributed by atoms with Crippen molar-refractivity contribution in [2.45, 2.75) is 20.0 Å². The third-order valence-electron chi connectivity index (χ3n) is 3.02. The first-order chi connectivity index (χ1) is 9.01. The van der Waals surface area contributed by atoms with Gasteiger partial charge in [0.1, 0.15) is 0 Å². The molecule has 108 valence electrons. The number of aryl methyl sites for hydroxylation is 1. The minimum absolute atomic E-state index is 0.0331. The van der Waals surface area contributed by atoms with Crippen LogP contribution < -0.4 is 5.43 Å². The van der Waals surface area contributed by atoms with E-state index in [4.69, 9.17) is 9.84 Å². The summed E-state index contributed by atoms with van der Waals surface area (Å²) in [7, 11) is 3.43. The van der Waals surface area contributed by atoms with E-state index in [2.05, 4.69) is 0 Å². The van der Waals surface area contributed by atoms with Crippen molar-refractivity contribution in [1.82, 2.24) is 9.47 Å². The predicted molar refractivity (Wildman–Crippen MR) is 72.4 cm³/mol. The summed E-state index contributed by atoms with van der Waals surface area (Å²) >= 11 is 0. The van der Waals surface area contributed by atoms with Gasteiger partial charge in [0.2, 0.25) is 5.43 Å². The van der Waals surface area contributed by atoms with Gasteiger partial charge in [-0.15, -0.1) is 0 Å². The van der Waals surface area contributed by atoms with Gasteiger partial charge in [0.25, 0.3) is 0 Å². The molecule has 0 unspecified atom stereocenters. The van der Waals surface area contributed by atoms with Gasteiger partial charge in [-0.1, -0.05) is 0 Å². The van der Waals surface area contributed by atoms with Gasteiger partial charge in [-0.25, -0.2) is 0 Å². The molecule has 1 heterocycles. The van der Waals surface area contributed by atoms with Gasteiger partial charge in [-0.3, -0.25) is 9.69 Å². The van der Waals surface area contributed by atoms with Crippen molar-refractivity contribution < 1.29 is 14.9 Å². The molecule has 0 saturated carbocycles. The van der Waals surface area contributed by atoms with Crippen LogP contribution in [0.25, 0.3) is 0 Å². The summed E-state index contributed by atoms with van der Waals surface area (Å²) in [6.07, 6.45) is 0. The molecule has 19 heavy (non-hydrogen) atoms. The highest BCUT2D eigenvalue weighted by molar-refractivity contribution is 5.29. The van der Waals surface area contributed by atoms with Gasteiger partial charge in [-0.2, -0.15) is 0 Å². The van der Waals surface area contributed by atoms with Crippen LogP contribution in [0.2, 0.25) is 0 Å². The van der Waals surface area contributed by atoms with Crippen LogP contribution in [0.15, 0.2) is 10.9 Å². The fourth-order valence-electron chi connectivity index (χ4n) is 1.98. The van der Waals surface area contributed by atoms with Crippen LogP contribution in [0, 0.1) is 6.92 Å². The van der Waals surface area contributed by atoms with Gasteiger partial charge in [0, 0.05) is 38.5 Å². The quantitative estimate of drug-likeness (QED) is 0.725. The number of methoxy groups -OCH3 is 1. The zero-order valence-corrected chi connectivity index (χ0v) is 11.7. The Morgan fingerprint density at radius 1 is 1.47 bits per heavy atom. The molecule has 1 aromatic rings. The molecule has 0 spiro atoms. The largest absolute Gasteiger partial charge is 0.503 e. The van der Waals surface area contributed by atoms with E-state index in [-0.39, 0.29) is 17.8 Å². The maximum Gasteiger partial charge on any atom is 0.223 e. The number of rotatable bonds is 7. The molecule has 1 aromatic heterocycles. The molecular weight excluding hydrogens is 248 g/mol. The van der Waals surface area contributed by atoms with Crippen LogP contribution in [0.4, 0.5) is 0 Å². The molecule has 0 atom stereocenters. The lowest BCUT2D eigenvalue weighted by Crippen LogP contribution is -2.27. The first kappa shape index (κ1) is 15.7. The number of likely N-dealkylation sites (N-methyl/N-ethyl adjacent to an activating group) is 1. The molecule has 6 nitrogen and oxygen atoms in total. The van der Waals surface area contributed by atoms with E-state index in [0.29, 0.717) is 31.9 Å². The Morgan fingerprint density at radius 3 is 2.74 bits per heavy atom. The minimum Gasteiger partial charge on any atom is -0.503 e. The van der Waals surface area contributed by atoms with Gasteiger partial charge >= 0.3 is 0 Å². The van der Waals surface area contributed by atoms with Crippen molar-refractivity contribution in [3.63, 3.8) is 0 Å². The number of hydrogen-bond donors (Lipinski definition) is 2. The molecule has 0 amide bonds. The Bertz CT molecular complexity index is 470. The molecular formula is C13H22N2O4. The molecule has 0 aromatic carbocycles. The topological polar surface area (TPSA) is 74.9 Å². The number of aromatic hydroxyl groups is 1. The summed E-state index contributed by atoms with van der Waals surface area (Å²) in [5.41, 5.74) is 0.962. The number of aromatic nitrogens is 1. The van der Waals surface area contributed by atoms with Crippen LogP contribution in [-0.2, 0) is 17.8 Å². The van der Waals surface area contributed by atoms with E-state index >= 15 is 0 Å². The summed E-state index contributed by atoms with van der Waals surface area (Å²) in [6, 6.07) is 1.42. The van der Waals surface area contributed by atoms with Crippen LogP contribution in [-0.4, -0.2) is 53.6 Å². The van der Waals surface area contributed by atoms with Crippen molar-refractivity contribution in [3.8, 4) is 5.75 Å². The van der Waals surface area contributed by atoms with Crippen molar-refractivity contribution in [1.29, 1.82) is 0 Å². The number of pyridine rings is 1. The summed E-state index contributed by atoms with van der Waals surface area (Å²) in [4.78, 5) is 13.5. The predicted octanol–water partition coefficient (Wildman–Crippen LogP) is -0.0672. The molecule has 0 fully saturated rings. The summed E-state index contributed by atoms with van der Waals surface area (Å²) in [5.74, 6) is -0.230. The van der Waals surface area contributed by atoms with E-state index in [0.717, 1.165) is 5.69 Å². The lowest BCUT2D eigenvalue weighted by molar-refractivity contribution is 0.180. The lowest BCUT2D eigenvalue weighted by Gasteiger charge is -2.22. The molecule has 0 aliphatic rings. The van der Waals surface area contributed by atoms with Crippen molar-refractivity contribution in [2.24, 2.45) is 0 Å². The number of ether oxygens (including phenoxy) is 1. The molecule has 0 bridgehead atoms. The number of aliphatic hydroxyl groups excluding tert-OH is 1. The third kappa shape index (κ3) is 4.05. The van der Waals surface area contributed by atoms with E-state index in [9.17, 15) is 9.90 Å². The van der Waals surface area contributed by atoms with Gasteiger partial charge in [-0.05, 0) is 14.0 Å². The maximum absolute atomic E-state index is 11.7. The van der Waals surface area contributed by atoms with E-state index in [1.54, 1.807) is 7.11 Å². The Balaban J connectivity index is 3.12. The summed E-state index contributed by atoms with van der Waals surface area (Å²) < 4.78 is 6.91. The minimum atomic E-state index is -0.376. The Morgan fingerprint density at radius 2 is 2.16 bits per heavy atom. The fourth-order valence-corrected chi connectivity index (χ4v) is 1.98. The van der Waals surface area contributed by atoms with Crippen molar-refractivity contribution >= 4 is 0 Å². The molecule has 0 radical (unpaired) electrons. The van der Waals surface area contributed by atoms with Crippen molar-refractivity contribution in [2.75, 3.05) is 33.9 Å². The smallest absolute Gasteiger partial charge is 0.223 e. The van der Waals surface area contributed by atoms with Gasteiger partial charge in [0.05, 0.1) is 18.9 Å². The molecule has 6 heteroatoms. The average molecular weight is 270 g/mol. The lowest BCUT2D eigenvalue weighted by atomic mass is 10.2. The Labute approximate surface area is 112 Å². The number of aliphatic hydroxyl groups is 1. The Kier molecular flexibility index (Phi) is 6.01. The normalized spacial score (nSPS) is 11.2.